The summed E-state index contributed by atoms with van der Waals surface area (Å²) in [5, 5.41) is 0.262. The van der Waals surface area contributed by atoms with Crippen LogP contribution in [0.5, 0.6) is 5.75 Å². The second-order valence-electron chi connectivity index (χ2n) is 5.53. The van der Waals surface area contributed by atoms with E-state index < -0.39 is 10.0 Å². The topological polar surface area (TPSA) is 68.3 Å². The highest BCUT2D eigenvalue weighted by Crippen LogP contribution is 2.42. The van der Waals surface area contributed by atoms with Crippen molar-refractivity contribution >= 4 is 21.6 Å². The van der Waals surface area contributed by atoms with E-state index in [0.717, 1.165) is 24.2 Å². The third kappa shape index (κ3) is 3.83. The van der Waals surface area contributed by atoms with Gasteiger partial charge in [-0.2, -0.15) is 0 Å². The summed E-state index contributed by atoms with van der Waals surface area (Å²) in [7, 11) is -2.05. The van der Waals surface area contributed by atoms with Crippen LogP contribution in [0, 0.1) is 5.92 Å². The number of nitrogens with one attached hydrogen (secondary N) is 1. The van der Waals surface area contributed by atoms with Crippen LogP contribution in [-0.2, 0) is 10.0 Å². The maximum absolute atomic E-state index is 12.6. The molecule has 1 aliphatic rings. The van der Waals surface area contributed by atoms with Gasteiger partial charge in [-0.05, 0) is 48.6 Å². The first-order valence-electron chi connectivity index (χ1n) is 7.27. The summed E-state index contributed by atoms with van der Waals surface area (Å²) in [6, 6.07) is 10.1. The molecule has 1 unspecified atom stereocenters. The van der Waals surface area contributed by atoms with E-state index in [1.807, 2.05) is 24.3 Å². The SMILES string of the molecule is COc1ccc(C(NS(=O)(=O)c2ccc(Cl)nc2)C2CC2)cc1. The van der Waals surface area contributed by atoms with Crippen molar-refractivity contribution in [3.05, 3.63) is 53.3 Å². The van der Waals surface area contributed by atoms with Gasteiger partial charge >= 0.3 is 0 Å². The molecule has 0 aliphatic heterocycles. The third-order valence-electron chi connectivity index (χ3n) is 3.86. The molecule has 1 aromatic heterocycles. The standard InChI is InChI=1S/C16H17ClN2O3S/c1-22-13-6-4-12(5-7-13)16(11-2-3-11)19-23(20,21)14-8-9-15(17)18-10-14/h4-11,16,19H,2-3H2,1H3. The maximum atomic E-state index is 12.6. The lowest BCUT2D eigenvalue weighted by Gasteiger charge is -2.19. The molecular weight excluding hydrogens is 336 g/mol. The Hall–Kier alpha value is -1.63. The molecule has 5 nitrogen and oxygen atoms in total. The highest BCUT2D eigenvalue weighted by Gasteiger charge is 2.35. The summed E-state index contributed by atoms with van der Waals surface area (Å²) in [5.74, 6) is 1.06. The number of methoxy groups -OCH3 is 1. The van der Waals surface area contributed by atoms with Crippen LogP contribution < -0.4 is 9.46 Å². The van der Waals surface area contributed by atoms with Crippen LogP contribution in [0.15, 0.2) is 47.5 Å². The number of sulfonamides is 1. The fourth-order valence-electron chi connectivity index (χ4n) is 2.43. The van der Waals surface area contributed by atoms with Crippen molar-refractivity contribution in [3.8, 4) is 5.75 Å². The van der Waals surface area contributed by atoms with Crippen molar-refractivity contribution < 1.29 is 13.2 Å². The van der Waals surface area contributed by atoms with E-state index in [-0.39, 0.29) is 16.1 Å². The molecule has 2 aromatic rings. The van der Waals surface area contributed by atoms with Gasteiger partial charge in [0, 0.05) is 12.2 Å². The Morgan fingerprint density at radius 1 is 1.22 bits per heavy atom. The predicted octanol–water partition coefficient (Wildman–Crippen LogP) is 3.17. The number of rotatable bonds is 6. The van der Waals surface area contributed by atoms with Gasteiger partial charge in [0.2, 0.25) is 10.0 Å². The van der Waals surface area contributed by atoms with Gasteiger partial charge < -0.3 is 4.74 Å². The molecule has 1 N–H and O–H groups in total. The first-order valence-corrected chi connectivity index (χ1v) is 9.13. The lowest BCUT2D eigenvalue weighted by atomic mass is 10.0. The van der Waals surface area contributed by atoms with Gasteiger partial charge in [0.1, 0.15) is 15.8 Å². The summed E-state index contributed by atoms with van der Waals surface area (Å²) in [6.45, 7) is 0. The van der Waals surface area contributed by atoms with Gasteiger partial charge in [0.25, 0.3) is 0 Å². The number of ether oxygens (including phenoxy) is 1. The molecule has 1 heterocycles. The van der Waals surface area contributed by atoms with Crippen LogP contribution in [0.2, 0.25) is 5.15 Å². The fourth-order valence-corrected chi connectivity index (χ4v) is 3.78. The van der Waals surface area contributed by atoms with Crippen LogP contribution >= 0.6 is 11.6 Å². The van der Waals surface area contributed by atoms with Crippen LogP contribution in [-0.4, -0.2) is 20.5 Å². The van der Waals surface area contributed by atoms with Crippen molar-refractivity contribution in [1.29, 1.82) is 0 Å². The molecule has 7 heteroatoms. The van der Waals surface area contributed by atoms with Crippen molar-refractivity contribution in [2.45, 2.75) is 23.8 Å². The van der Waals surface area contributed by atoms with Gasteiger partial charge in [0.05, 0.1) is 7.11 Å². The van der Waals surface area contributed by atoms with E-state index in [2.05, 4.69) is 9.71 Å². The number of hydrogen-bond acceptors (Lipinski definition) is 4. The third-order valence-corrected chi connectivity index (χ3v) is 5.51. The molecule has 1 saturated carbocycles. The molecule has 23 heavy (non-hydrogen) atoms. The highest BCUT2D eigenvalue weighted by molar-refractivity contribution is 7.89. The zero-order chi connectivity index (χ0) is 16.4. The summed E-state index contributed by atoms with van der Waals surface area (Å²) in [6.07, 6.45) is 3.29. The van der Waals surface area contributed by atoms with E-state index in [0.29, 0.717) is 5.92 Å². The first kappa shape index (κ1) is 16.2. The van der Waals surface area contributed by atoms with Crippen LogP contribution in [0.25, 0.3) is 0 Å². The Morgan fingerprint density at radius 2 is 1.91 bits per heavy atom. The molecule has 0 bridgehead atoms. The molecular formula is C16H17ClN2O3S. The Kier molecular flexibility index (Phi) is 4.57. The van der Waals surface area contributed by atoms with E-state index in [9.17, 15) is 8.42 Å². The molecule has 0 radical (unpaired) electrons. The van der Waals surface area contributed by atoms with Crippen LogP contribution in [0.1, 0.15) is 24.4 Å². The number of hydrogen-bond donors (Lipinski definition) is 1. The zero-order valence-electron chi connectivity index (χ0n) is 12.6. The quantitative estimate of drug-likeness (QED) is 0.811. The van der Waals surface area contributed by atoms with E-state index in [1.165, 1.54) is 18.3 Å². The minimum absolute atomic E-state index is 0.112. The van der Waals surface area contributed by atoms with Crippen molar-refractivity contribution in [1.82, 2.24) is 9.71 Å². The second kappa shape index (κ2) is 6.47. The largest absolute Gasteiger partial charge is 0.497 e. The van der Waals surface area contributed by atoms with Gasteiger partial charge in [0.15, 0.2) is 0 Å². The summed E-state index contributed by atoms with van der Waals surface area (Å²) >= 11 is 5.71. The molecule has 122 valence electrons. The minimum Gasteiger partial charge on any atom is -0.497 e. The molecule has 1 aromatic carbocycles. The normalized spacial score (nSPS) is 16.1. The monoisotopic (exact) mass is 352 g/mol. The van der Waals surface area contributed by atoms with Gasteiger partial charge in [-0.25, -0.2) is 18.1 Å². The van der Waals surface area contributed by atoms with E-state index in [4.69, 9.17) is 16.3 Å². The Balaban J connectivity index is 1.85. The number of nitrogens with zero attached hydrogens (tertiary/aromatic N) is 1. The molecule has 1 atom stereocenters. The smallest absolute Gasteiger partial charge is 0.242 e. The minimum atomic E-state index is -3.65. The Morgan fingerprint density at radius 3 is 2.43 bits per heavy atom. The first-order chi connectivity index (χ1) is 11.0. The number of aromatic nitrogens is 1. The molecule has 0 amide bonds. The molecule has 0 saturated heterocycles. The van der Waals surface area contributed by atoms with Gasteiger partial charge in [-0.3, -0.25) is 0 Å². The van der Waals surface area contributed by atoms with Gasteiger partial charge in [-0.1, -0.05) is 23.7 Å². The molecule has 1 fully saturated rings. The van der Waals surface area contributed by atoms with Gasteiger partial charge in [-0.15, -0.1) is 0 Å². The Labute approximate surface area is 140 Å². The molecule has 3 rings (SSSR count). The predicted molar refractivity (Wildman–Crippen MR) is 88.0 cm³/mol. The Bertz CT molecular complexity index is 772. The number of halogens is 1. The summed E-state index contributed by atoms with van der Waals surface area (Å²) in [4.78, 5) is 3.95. The summed E-state index contributed by atoms with van der Waals surface area (Å²) < 4.78 is 33.1. The lowest BCUT2D eigenvalue weighted by molar-refractivity contribution is 0.414. The van der Waals surface area contributed by atoms with Crippen LogP contribution in [0.3, 0.4) is 0 Å². The number of pyridine rings is 1. The zero-order valence-corrected chi connectivity index (χ0v) is 14.1. The molecule has 1 aliphatic carbocycles. The van der Waals surface area contributed by atoms with Crippen molar-refractivity contribution in [2.75, 3.05) is 7.11 Å². The fraction of sp³-hybridized carbons (Fsp3) is 0.312. The summed E-state index contributed by atoms with van der Waals surface area (Å²) in [5.41, 5.74) is 0.929. The van der Waals surface area contributed by atoms with E-state index >= 15 is 0 Å². The molecule has 0 spiro atoms. The average Bonchev–Trinajstić information content (AvgIpc) is 3.38. The number of benzene rings is 1. The van der Waals surface area contributed by atoms with E-state index in [1.54, 1.807) is 7.11 Å². The lowest BCUT2D eigenvalue weighted by Crippen LogP contribution is -2.30. The van der Waals surface area contributed by atoms with Crippen molar-refractivity contribution in [2.24, 2.45) is 5.92 Å². The highest BCUT2D eigenvalue weighted by atomic mass is 35.5. The second-order valence-corrected chi connectivity index (χ2v) is 7.63. The average molecular weight is 353 g/mol. The maximum Gasteiger partial charge on any atom is 0.242 e. The van der Waals surface area contributed by atoms with Crippen molar-refractivity contribution in [3.63, 3.8) is 0 Å². The van der Waals surface area contributed by atoms with Crippen LogP contribution in [0.4, 0.5) is 0 Å².